The van der Waals surface area contributed by atoms with E-state index in [1.807, 2.05) is 30.3 Å². The number of nitrogens with one attached hydrogen (secondary N) is 2. The summed E-state index contributed by atoms with van der Waals surface area (Å²) in [4.78, 5) is 16.5. The molecule has 0 fully saturated rings. The number of benzene rings is 2. The standard InChI is InChI=1S/C23H20ClN5O4S/c1-33-23-21(34(31,32)28-19-9-7-18(24)8-10-19)11-20(13-25-23)27-22(30)17-12-26-29(15-17)14-16-5-3-2-4-6-16/h2-13,15,28H,14H2,1H3,(H,27,30). The van der Waals surface area contributed by atoms with E-state index in [0.717, 1.165) is 5.56 Å². The molecule has 0 spiro atoms. The van der Waals surface area contributed by atoms with Gasteiger partial charge in [-0.05, 0) is 35.9 Å². The maximum absolute atomic E-state index is 13.0. The van der Waals surface area contributed by atoms with Crippen LogP contribution in [0.4, 0.5) is 11.4 Å². The maximum atomic E-state index is 13.0. The van der Waals surface area contributed by atoms with Crippen molar-refractivity contribution in [2.75, 3.05) is 17.1 Å². The lowest BCUT2D eigenvalue weighted by Crippen LogP contribution is -2.16. The fraction of sp³-hybridized carbons (Fsp3) is 0.0870. The molecule has 4 aromatic rings. The molecule has 0 atom stereocenters. The molecule has 0 aliphatic carbocycles. The van der Waals surface area contributed by atoms with Crippen LogP contribution < -0.4 is 14.8 Å². The Labute approximate surface area is 201 Å². The summed E-state index contributed by atoms with van der Waals surface area (Å²) < 4.78 is 35.1. The van der Waals surface area contributed by atoms with Gasteiger partial charge in [0, 0.05) is 16.9 Å². The number of aromatic nitrogens is 3. The number of nitrogens with zero attached hydrogens (tertiary/aromatic N) is 3. The van der Waals surface area contributed by atoms with E-state index < -0.39 is 15.9 Å². The molecule has 2 heterocycles. The lowest BCUT2D eigenvalue weighted by Gasteiger charge is -2.12. The Balaban J connectivity index is 1.52. The minimum atomic E-state index is -4.07. The molecular formula is C23H20ClN5O4S. The van der Waals surface area contributed by atoms with Gasteiger partial charge in [-0.1, -0.05) is 41.9 Å². The Hall–Kier alpha value is -3.89. The van der Waals surface area contributed by atoms with Crippen molar-refractivity contribution in [1.82, 2.24) is 14.8 Å². The van der Waals surface area contributed by atoms with E-state index in [9.17, 15) is 13.2 Å². The molecule has 0 saturated heterocycles. The number of ether oxygens (including phenoxy) is 1. The molecule has 0 saturated carbocycles. The number of anilines is 2. The van der Waals surface area contributed by atoms with Crippen LogP contribution in [0.3, 0.4) is 0 Å². The highest BCUT2D eigenvalue weighted by Gasteiger charge is 2.22. The van der Waals surface area contributed by atoms with Crippen LogP contribution >= 0.6 is 11.6 Å². The Morgan fingerprint density at radius 3 is 2.50 bits per heavy atom. The normalized spacial score (nSPS) is 11.1. The Morgan fingerprint density at radius 1 is 1.06 bits per heavy atom. The monoisotopic (exact) mass is 497 g/mol. The van der Waals surface area contributed by atoms with Crippen molar-refractivity contribution in [3.63, 3.8) is 0 Å². The number of hydrogen-bond donors (Lipinski definition) is 2. The van der Waals surface area contributed by atoms with E-state index in [1.54, 1.807) is 23.0 Å². The Kier molecular flexibility index (Phi) is 6.80. The van der Waals surface area contributed by atoms with Crippen LogP contribution in [0, 0.1) is 0 Å². The number of rotatable bonds is 8. The molecule has 11 heteroatoms. The third-order valence-corrected chi connectivity index (χ3v) is 6.37. The highest BCUT2D eigenvalue weighted by molar-refractivity contribution is 7.92. The average molecular weight is 498 g/mol. The molecule has 9 nitrogen and oxygen atoms in total. The third kappa shape index (κ3) is 5.53. The van der Waals surface area contributed by atoms with Crippen molar-refractivity contribution >= 4 is 38.9 Å². The zero-order chi connectivity index (χ0) is 24.1. The van der Waals surface area contributed by atoms with Crippen molar-refractivity contribution < 1.29 is 17.9 Å². The fourth-order valence-corrected chi connectivity index (χ4v) is 4.45. The van der Waals surface area contributed by atoms with Gasteiger partial charge in [0.15, 0.2) is 4.90 Å². The van der Waals surface area contributed by atoms with Crippen LogP contribution in [-0.2, 0) is 16.6 Å². The van der Waals surface area contributed by atoms with Gasteiger partial charge in [0.05, 0.1) is 37.3 Å². The minimum absolute atomic E-state index is 0.116. The van der Waals surface area contributed by atoms with E-state index in [0.29, 0.717) is 22.8 Å². The van der Waals surface area contributed by atoms with Crippen LogP contribution in [0.1, 0.15) is 15.9 Å². The second-order valence-electron chi connectivity index (χ2n) is 7.21. The second-order valence-corrected chi connectivity index (χ2v) is 9.30. The zero-order valence-electron chi connectivity index (χ0n) is 18.0. The number of carbonyl (C=O) groups is 1. The molecular weight excluding hydrogens is 478 g/mol. The molecule has 0 aliphatic heterocycles. The van der Waals surface area contributed by atoms with Crippen molar-refractivity contribution in [2.24, 2.45) is 0 Å². The van der Waals surface area contributed by atoms with Gasteiger partial charge in [-0.3, -0.25) is 14.2 Å². The first kappa shape index (κ1) is 23.3. The number of amides is 1. The van der Waals surface area contributed by atoms with Crippen molar-refractivity contribution in [3.05, 3.63) is 95.4 Å². The first-order valence-electron chi connectivity index (χ1n) is 10.0. The molecule has 2 aromatic carbocycles. The highest BCUT2D eigenvalue weighted by atomic mass is 35.5. The molecule has 0 unspecified atom stereocenters. The summed E-state index contributed by atoms with van der Waals surface area (Å²) in [5.41, 5.74) is 1.85. The summed E-state index contributed by atoms with van der Waals surface area (Å²) >= 11 is 5.86. The zero-order valence-corrected chi connectivity index (χ0v) is 19.5. The summed E-state index contributed by atoms with van der Waals surface area (Å²) in [5, 5.41) is 7.34. The number of carbonyl (C=O) groups excluding carboxylic acids is 1. The number of hydrogen-bond acceptors (Lipinski definition) is 6. The van der Waals surface area contributed by atoms with Crippen LogP contribution in [0.25, 0.3) is 0 Å². The van der Waals surface area contributed by atoms with Gasteiger partial charge < -0.3 is 10.1 Å². The molecule has 2 N–H and O–H groups in total. The lowest BCUT2D eigenvalue weighted by atomic mass is 10.2. The van der Waals surface area contributed by atoms with E-state index in [4.69, 9.17) is 16.3 Å². The molecule has 34 heavy (non-hydrogen) atoms. The SMILES string of the molecule is COc1ncc(NC(=O)c2cnn(Cc3ccccc3)c2)cc1S(=O)(=O)Nc1ccc(Cl)cc1. The molecule has 4 rings (SSSR count). The van der Waals surface area contributed by atoms with E-state index in [1.165, 1.54) is 37.7 Å². The largest absolute Gasteiger partial charge is 0.480 e. The van der Waals surface area contributed by atoms with Crippen LogP contribution in [-0.4, -0.2) is 36.2 Å². The first-order chi connectivity index (χ1) is 16.3. The van der Waals surface area contributed by atoms with Gasteiger partial charge >= 0.3 is 0 Å². The van der Waals surface area contributed by atoms with E-state index in [-0.39, 0.29) is 16.5 Å². The van der Waals surface area contributed by atoms with Gasteiger partial charge in [0.25, 0.3) is 15.9 Å². The van der Waals surface area contributed by atoms with Crippen molar-refractivity contribution in [2.45, 2.75) is 11.4 Å². The highest BCUT2D eigenvalue weighted by Crippen LogP contribution is 2.27. The predicted octanol–water partition coefficient (Wildman–Crippen LogP) is 4.04. The molecule has 0 bridgehead atoms. The smallest absolute Gasteiger partial charge is 0.267 e. The Bertz CT molecular complexity index is 1410. The summed E-state index contributed by atoms with van der Waals surface area (Å²) in [6.45, 7) is 0.511. The van der Waals surface area contributed by atoms with Crippen LogP contribution in [0.5, 0.6) is 5.88 Å². The van der Waals surface area contributed by atoms with E-state index in [2.05, 4.69) is 20.1 Å². The quantitative estimate of drug-likeness (QED) is 0.379. The van der Waals surface area contributed by atoms with Crippen LogP contribution in [0.2, 0.25) is 5.02 Å². The van der Waals surface area contributed by atoms with Gasteiger partial charge in [-0.2, -0.15) is 5.10 Å². The lowest BCUT2D eigenvalue weighted by molar-refractivity contribution is 0.102. The summed E-state index contributed by atoms with van der Waals surface area (Å²) in [6, 6.07) is 17.1. The Morgan fingerprint density at radius 2 is 1.79 bits per heavy atom. The van der Waals surface area contributed by atoms with Gasteiger partial charge in [0.2, 0.25) is 5.88 Å². The average Bonchev–Trinajstić information content (AvgIpc) is 3.30. The summed E-state index contributed by atoms with van der Waals surface area (Å²) in [7, 11) is -2.76. The molecule has 0 aliphatic rings. The molecule has 174 valence electrons. The summed E-state index contributed by atoms with van der Waals surface area (Å²) in [6.07, 6.45) is 4.36. The van der Waals surface area contributed by atoms with Crippen LogP contribution in [0.15, 0.2) is 84.1 Å². The van der Waals surface area contributed by atoms with Gasteiger partial charge in [-0.25, -0.2) is 13.4 Å². The first-order valence-corrected chi connectivity index (χ1v) is 11.9. The number of pyridine rings is 1. The third-order valence-electron chi connectivity index (χ3n) is 4.74. The van der Waals surface area contributed by atoms with Gasteiger partial charge in [0.1, 0.15) is 0 Å². The molecule has 2 aromatic heterocycles. The second kappa shape index (κ2) is 9.94. The van der Waals surface area contributed by atoms with Gasteiger partial charge in [-0.15, -0.1) is 0 Å². The fourth-order valence-electron chi connectivity index (χ4n) is 3.12. The number of halogens is 1. The summed E-state index contributed by atoms with van der Waals surface area (Å²) in [5.74, 6) is -0.574. The molecule has 1 amide bonds. The predicted molar refractivity (Wildman–Crippen MR) is 129 cm³/mol. The number of methoxy groups -OCH3 is 1. The minimum Gasteiger partial charge on any atom is -0.480 e. The maximum Gasteiger partial charge on any atom is 0.267 e. The van der Waals surface area contributed by atoms with Crippen molar-refractivity contribution in [3.8, 4) is 5.88 Å². The van der Waals surface area contributed by atoms with E-state index >= 15 is 0 Å². The topological polar surface area (TPSA) is 115 Å². The molecule has 0 radical (unpaired) electrons. The number of sulfonamides is 1. The van der Waals surface area contributed by atoms with Crippen molar-refractivity contribution in [1.29, 1.82) is 0 Å².